The van der Waals surface area contributed by atoms with Crippen LogP contribution in [0, 0.1) is 0 Å². The highest BCUT2D eigenvalue weighted by Crippen LogP contribution is 2.55. The van der Waals surface area contributed by atoms with Crippen LogP contribution in [0.1, 0.15) is 26.7 Å². The first-order chi connectivity index (χ1) is 5.75. The minimum atomic E-state index is -2.76. The number of hydrogen-bond acceptors (Lipinski definition) is 2. The van der Waals surface area contributed by atoms with Crippen molar-refractivity contribution in [2.75, 3.05) is 0 Å². The molecule has 0 amide bonds. The second-order valence-corrected chi connectivity index (χ2v) is 13.1. The van der Waals surface area contributed by atoms with Gasteiger partial charge in [-0.15, -0.1) is 0 Å². The van der Waals surface area contributed by atoms with E-state index in [-0.39, 0.29) is 9.62 Å². The van der Waals surface area contributed by atoms with E-state index in [1.807, 2.05) is 13.8 Å². The van der Waals surface area contributed by atoms with E-state index < -0.39 is 17.9 Å². The Morgan fingerprint density at radius 2 is 1.69 bits per heavy atom. The van der Waals surface area contributed by atoms with Crippen molar-refractivity contribution < 1.29 is 8.42 Å². The van der Waals surface area contributed by atoms with Crippen LogP contribution in [0.2, 0.25) is 19.6 Å². The Balaban J connectivity index is 3.16. The van der Waals surface area contributed by atoms with Gasteiger partial charge in [0.15, 0.2) is 9.84 Å². The van der Waals surface area contributed by atoms with Crippen LogP contribution in [0.3, 0.4) is 0 Å². The molecule has 78 valence electrons. The quantitative estimate of drug-likeness (QED) is 0.540. The first-order valence-corrected chi connectivity index (χ1v) is 10.0. The largest absolute Gasteiger partial charge is 0.228 e. The van der Waals surface area contributed by atoms with Gasteiger partial charge in [-0.25, -0.2) is 8.42 Å². The summed E-state index contributed by atoms with van der Waals surface area (Å²) >= 11 is 0. The molecule has 0 saturated carbocycles. The predicted molar refractivity (Wildman–Crippen MR) is 59.4 cm³/mol. The number of rotatable bonds is 3. The van der Waals surface area contributed by atoms with Crippen LogP contribution in [0.25, 0.3) is 0 Å². The Morgan fingerprint density at radius 1 is 1.23 bits per heavy atom. The fourth-order valence-electron chi connectivity index (χ4n) is 2.86. The summed E-state index contributed by atoms with van der Waals surface area (Å²) in [5.41, 5.74) is 0. The molecule has 0 aromatic rings. The second kappa shape index (κ2) is 2.83. The molecule has 1 saturated heterocycles. The van der Waals surface area contributed by atoms with Gasteiger partial charge in [0.2, 0.25) is 0 Å². The monoisotopic (exact) mass is 220 g/mol. The minimum Gasteiger partial charge on any atom is -0.228 e. The Bertz CT molecular complexity index is 302. The molecule has 0 aromatic carbocycles. The average molecular weight is 220 g/mol. The number of hydrogen-bond donors (Lipinski definition) is 0. The smallest absolute Gasteiger partial charge is 0.158 e. The molecular formula is C9H20O2SSi. The third-order valence-corrected chi connectivity index (χ3v) is 12.5. The van der Waals surface area contributed by atoms with E-state index in [9.17, 15) is 8.42 Å². The van der Waals surface area contributed by atoms with Gasteiger partial charge in [-0.3, -0.25) is 0 Å². The lowest BCUT2D eigenvalue weighted by Crippen LogP contribution is -2.44. The molecule has 1 heterocycles. The van der Waals surface area contributed by atoms with Crippen molar-refractivity contribution in [3.63, 3.8) is 0 Å². The fraction of sp³-hybridized carbons (Fsp3) is 1.00. The van der Waals surface area contributed by atoms with Crippen molar-refractivity contribution in [3.05, 3.63) is 0 Å². The van der Waals surface area contributed by atoms with Crippen LogP contribution in [-0.4, -0.2) is 26.1 Å². The first kappa shape index (κ1) is 11.2. The summed E-state index contributed by atoms with van der Waals surface area (Å²) in [6.45, 7) is 10.5. The molecule has 0 radical (unpaired) electrons. The zero-order chi connectivity index (χ0) is 10.5. The first-order valence-electron chi connectivity index (χ1n) is 4.99. The van der Waals surface area contributed by atoms with Gasteiger partial charge in [-0.05, 0) is 12.8 Å². The maximum Gasteiger partial charge on any atom is 0.158 e. The molecule has 0 unspecified atom stereocenters. The molecule has 0 aliphatic carbocycles. The molecule has 13 heavy (non-hydrogen) atoms. The molecule has 0 spiro atoms. The van der Waals surface area contributed by atoms with E-state index in [2.05, 4.69) is 19.6 Å². The van der Waals surface area contributed by atoms with Crippen molar-refractivity contribution in [3.8, 4) is 0 Å². The van der Waals surface area contributed by atoms with Gasteiger partial charge in [-0.2, -0.15) is 0 Å². The zero-order valence-corrected chi connectivity index (χ0v) is 11.0. The SMILES string of the molecule is CC[C@H]1[C@](CC)([Si](C)(C)C)S1(=O)=O. The van der Waals surface area contributed by atoms with E-state index in [0.29, 0.717) is 0 Å². The minimum absolute atomic E-state index is 0.0309. The molecule has 1 aliphatic heterocycles. The standard InChI is InChI=1S/C9H20O2SSi/c1-6-8-9(7-2,12(8,10)11)13(3,4)5/h8H,6-7H2,1-5H3/t8-,9-/m0/s1. The molecule has 0 N–H and O–H groups in total. The molecule has 0 bridgehead atoms. The molecule has 2 atom stereocenters. The van der Waals surface area contributed by atoms with Gasteiger partial charge in [0.05, 0.1) is 17.7 Å². The third-order valence-electron chi connectivity index (χ3n) is 3.51. The molecular weight excluding hydrogens is 200 g/mol. The highest BCUT2D eigenvalue weighted by molar-refractivity contribution is 8.03. The van der Waals surface area contributed by atoms with Crippen molar-refractivity contribution >= 4 is 17.9 Å². The Labute approximate surface area is 82.7 Å². The molecule has 2 nitrogen and oxygen atoms in total. The van der Waals surface area contributed by atoms with Crippen LogP contribution in [0.15, 0.2) is 0 Å². The maximum absolute atomic E-state index is 11.9. The summed E-state index contributed by atoms with van der Waals surface area (Å²) in [6.07, 6.45) is 1.60. The van der Waals surface area contributed by atoms with E-state index >= 15 is 0 Å². The third kappa shape index (κ3) is 1.14. The average Bonchev–Trinajstić information content (AvgIpc) is 2.45. The summed E-state index contributed by atoms with van der Waals surface area (Å²) in [6, 6.07) is 0. The maximum atomic E-state index is 11.9. The summed E-state index contributed by atoms with van der Waals surface area (Å²) in [5.74, 6) is 0. The van der Waals surface area contributed by atoms with Crippen LogP contribution < -0.4 is 0 Å². The van der Waals surface area contributed by atoms with Crippen LogP contribution in [-0.2, 0) is 9.84 Å². The van der Waals surface area contributed by atoms with Gasteiger partial charge < -0.3 is 0 Å². The second-order valence-electron chi connectivity index (χ2n) is 4.93. The summed E-state index contributed by atoms with van der Waals surface area (Å²) in [7, 11) is -4.34. The number of sulfone groups is 1. The lowest BCUT2D eigenvalue weighted by Gasteiger charge is -2.25. The van der Waals surface area contributed by atoms with Crippen LogP contribution in [0.4, 0.5) is 0 Å². The Hall–Kier alpha value is 0.167. The van der Waals surface area contributed by atoms with Crippen molar-refractivity contribution in [1.29, 1.82) is 0 Å². The Morgan fingerprint density at radius 3 is 1.77 bits per heavy atom. The van der Waals surface area contributed by atoms with Crippen LogP contribution in [0.5, 0.6) is 0 Å². The van der Waals surface area contributed by atoms with Gasteiger partial charge in [0.25, 0.3) is 0 Å². The summed E-state index contributed by atoms with van der Waals surface area (Å²) < 4.78 is 23.4. The fourth-order valence-corrected chi connectivity index (χ4v) is 12.6. The molecule has 1 fully saturated rings. The highest BCUT2D eigenvalue weighted by atomic mass is 32.2. The predicted octanol–water partition coefficient (Wildman–Crippen LogP) is 2.22. The van der Waals surface area contributed by atoms with Gasteiger partial charge in [-0.1, -0.05) is 33.5 Å². The van der Waals surface area contributed by atoms with Crippen LogP contribution >= 0.6 is 0 Å². The van der Waals surface area contributed by atoms with Gasteiger partial charge in [0.1, 0.15) is 0 Å². The lowest BCUT2D eigenvalue weighted by atomic mass is 10.2. The molecule has 0 aromatic heterocycles. The van der Waals surface area contributed by atoms with Gasteiger partial charge in [0, 0.05) is 0 Å². The van der Waals surface area contributed by atoms with E-state index in [1.165, 1.54) is 0 Å². The topological polar surface area (TPSA) is 34.1 Å². The van der Waals surface area contributed by atoms with Gasteiger partial charge >= 0.3 is 0 Å². The molecule has 1 rings (SSSR count). The molecule has 1 aliphatic rings. The summed E-state index contributed by atoms with van der Waals surface area (Å²) in [5, 5.41) is -0.0309. The normalized spacial score (nSPS) is 37.5. The van der Waals surface area contributed by atoms with E-state index in [4.69, 9.17) is 0 Å². The molecule has 4 heteroatoms. The van der Waals surface area contributed by atoms with Crippen molar-refractivity contribution in [2.45, 2.75) is 56.0 Å². The zero-order valence-electron chi connectivity index (χ0n) is 9.22. The van der Waals surface area contributed by atoms with Crippen molar-refractivity contribution in [1.82, 2.24) is 0 Å². The Kier molecular flexibility index (Phi) is 2.44. The van der Waals surface area contributed by atoms with E-state index in [1.54, 1.807) is 0 Å². The summed E-state index contributed by atoms with van der Waals surface area (Å²) in [4.78, 5) is 0. The lowest BCUT2D eigenvalue weighted by molar-refractivity contribution is 0.608. The van der Waals surface area contributed by atoms with Crippen molar-refractivity contribution in [2.24, 2.45) is 0 Å². The highest BCUT2D eigenvalue weighted by Gasteiger charge is 2.74. The van der Waals surface area contributed by atoms with E-state index in [0.717, 1.165) is 12.8 Å².